The molecule has 1 aromatic rings. The Morgan fingerprint density at radius 2 is 2.11 bits per heavy atom. The van der Waals surface area contributed by atoms with E-state index in [0.29, 0.717) is 24.8 Å². The van der Waals surface area contributed by atoms with Gasteiger partial charge in [0.05, 0.1) is 5.88 Å². The lowest BCUT2D eigenvalue weighted by molar-refractivity contribution is 0.251. The van der Waals surface area contributed by atoms with E-state index in [1.54, 1.807) is 6.07 Å². The predicted octanol–water partition coefficient (Wildman–Crippen LogP) is 3.08. The SMILES string of the molecule is CC(C)(C)C1CCN(S(=O)(=O)c2ccc(CCl)o2)C1. The minimum absolute atomic E-state index is 0.00212. The summed E-state index contributed by atoms with van der Waals surface area (Å²) >= 11 is 5.63. The van der Waals surface area contributed by atoms with Crippen molar-refractivity contribution >= 4 is 21.6 Å². The van der Waals surface area contributed by atoms with E-state index in [2.05, 4.69) is 20.8 Å². The largest absolute Gasteiger partial charge is 0.447 e. The average Bonchev–Trinajstić information content (AvgIpc) is 2.98. The first-order valence-electron chi connectivity index (χ1n) is 6.40. The van der Waals surface area contributed by atoms with Crippen molar-refractivity contribution in [2.75, 3.05) is 13.1 Å². The van der Waals surface area contributed by atoms with Crippen molar-refractivity contribution in [1.82, 2.24) is 4.31 Å². The lowest BCUT2D eigenvalue weighted by Crippen LogP contribution is -2.31. The number of hydrogen-bond acceptors (Lipinski definition) is 3. The fraction of sp³-hybridized carbons (Fsp3) is 0.692. The molecular weight excluding hydrogens is 286 g/mol. The van der Waals surface area contributed by atoms with Gasteiger partial charge in [0.25, 0.3) is 10.0 Å². The van der Waals surface area contributed by atoms with Crippen LogP contribution in [0.3, 0.4) is 0 Å². The third kappa shape index (κ3) is 2.98. The Hall–Kier alpha value is -0.520. The number of rotatable bonds is 3. The molecule has 0 aliphatic carbocycles. The van der Waals surface area contributed by atoms with Gasteiger partial charge in [-0.05, 0) is 29.9 Å². The van der Waals surface area contributed by atoms with Gasteiger partial charge in [-0.15, -0.1) is 11.6 Å². The van der Waals surface area contributed by atoms with Gasteiger partial charge in [0.15, 0.2) is 0 Å². The molecule has 1 aromatic heterocycles. The molecule has 1 saturated heterocycles. The van der Waals surface area contributed by atoms with E-state index in [1.807, 2.05) is 0 Å². The van der Waals surface area contributed by atoms with Gasteiger partial charge in [-0.3, -0.25) is 0 Å². The topological polar surface area (TPSA) is 50.5 Å². The van der Waals surface area contributed by atoms with Crippen molar-refractivity contribution in [2.45, 2.75) is 38.2 Å². The van der Waals surface area contributed by atoms with Crippen LogP contribution in [0.1, 0.15) is 33.0 Å². The van der Waals surface area contributed by atoms with E-state index < -0.39 is 10.0 Å². The first-order valence-corrected chi connectivity index (χ1v) is 8.37. The monoisotopic (exact) mass is 305 g/mol. The Labute approximate surface area is 119 Å². The van der Waals surface area contributed by atoms with Crippen molar-refractivity contribution in [3.05, 3.63) is 17.9 Å². The number of hydrogen-bond donors (Lipinski definition) is 0. The van der Waals surface area contributed by atoms with Crippen LogP contribution >= 0.6 is 11.6 Å². The summed E-state index contributed by atoms with van der Waals surface area (Å²) in [6.45, 7) is 7.55. The molecule has 19 heavy (non-hydrogen) atoms. The van der Waals surface area contributed by atoms with Gasteiger partial charge in [0.2, 0.25) is 5.09 Å². The van der Waals surface area contributed by atoms with Crippen LogP contribution in [0.4, 0.5) is 0 Å². The second-order valence-electron chi connectivity index (χ2n) is 6.07. The number of halogens is 1. The standard InChI is InChI=1S/C13H20ClNO3S/c1-13(2,3)10-6-7-15(9-10)19(16,17)12-5-4-11(8-14)18-12/h4-5,10H,6-9H2,1-3H3. The van der Waals surface area contributed by atoms with Crippen LogP contribution in [-0.4, -0.2) is 25.8 Å². The number of sulfonamides is 1. The van der Waals surface area contributed by atoms with Crippen LogP contribution in [0.15, 0.2) is 21.6 Å². The summed E-state index contributed by atoms with van der Waals surface area (Å²) in [6, 6.07) is 3.09. The highest BCUT2D eigenvalue weighted by Gasteiger charge is 2.38. The third-order valence-corrected chi connectivity index (χ3v) is 5.74. The zero-order valence-corrected chi connectivity index (χ0v) is 13.1. The van der Waals surface area contributed by atoms with Crippen molar-refractivity contribution in [2.24, 2.45) is 11.3 Å². The Morgan fingerprint density at radius 1 is 1.42 bits per heavy atom. The van der Waals surface area contributed by atoms with Crippen molar-refractivity contribution < 1.29 is 12.8 Å². The summed E-state index contributed by atoms with van der Waals surface area (Å²) in [5.41, 5.74) is 0.120. The van der Waals surface area contributed by atoms with Crippen molar-refractivity contribution in [1.29, 1.82) is 0 Å². The second kappa shape index (κ2) is 5.11. The van der Waals surface area contributed by atoms with Crippen LogP contribution in [0, 0.1) is 11.3 Å². The maximum atomic E-state index is 12.4. The summed E-state index contributed by atoms with van der Waals surface area (Å²) in [4.78, 5) is 0. The quantitative estimate of drug-likeness (QED) is 0.806. The molecule has 0 radical (unpaired) electrons. The molecule has 0 saturated carbocycles. The normalized spacial score (nSPS) is 22.0. The average molecular weight is 306 g/mol. The van der Waals surface area contributed by atoms with Gasteiger partial charge in [0.1, 0.15) is 5.76 Å². The van der Waals surface area contributed by atoms with Gasteiger partial charge in [-0.25, -0.2) is 8.42 Å². The zero-order chi connectivity index (χ0) is 14.3. The molecule has 1 atom stereocenters. The minimum atomic E-state index is -3.51. The van der Waals surface area contributed by atoms with Crippen LogP contribution in [-0.2, 0) is 15.9 Å². The maximum Gasteiger partial charge on any atom is 0.276 e. The van der Waals surface area contributed by atoms with Crippen LogP contribution in [0.5, 0.6) is 0 Å². The molecule has 4 nitrogen and oxygen atoms in total. The van der Waals surface area contributed by atoms with Gasteiger partial charge in [0, 0.05) is 13.1 Å². The van der Waals surface area contributed by atoms with E-state index in [1.165, 1.54) is 10.4 Å². The first kappa shape index (κ1) is 14.9. The lowest BCUT2D eigenvalue weighted by atomic mass is 9.80. The predicted molar refractivity (Wildman–Crippen MR) is 74.6 cm³/mol. The van der Waals surface area contributed by atoms with E-state index in [4.69, 9.17) is 16.0 Å². The van der Waals surface area contributed by atoms with Gasteiger partial charge in [-0.2, -0.15) is 4.31 Å². The van der Waals surface area contributed by atoms with Crippen molar-refractivity contribution in [3.8, 4) is 0 Å². The highest BCUT2D eigenvalue weighted by atomic mass is 35.5. The molecule has 6 heteroatoms. The molecule has 0 spiro atoms. The third-order valence-electron chi connectivity index (χ3n) is 3.74. The van der Waals surface area contributed by atoms with Gasteiger partial charge >= 0.3 is 0 Å². The molecule has 2 heterocycles. The molecule has 1 aliphatic rings. The van der Waals surface area contributed by atoms with E-state index in [9.17, 15) is 8.42 Å². The highest BCUT2D eigenvalue weighted by molar-refractivity contribution is 7.89. The Kier molecular flexibility index (Phi) is 4.00. The smallest absolute Gasteiger partial charge is 0.276 e. The van der Waals surface area contributed by atoms with E-state index in [0.717, 1.165) is 6.42 Å². The molecule has 0 bridgehead atoms. The zero-order valence-electron chi connectivity index (χ0n) is 11.5. The molecule has 108 valence electrons. The minimum Gasteiger partial charge on any atom is -0.447 e. The maximum absolute atomic E-state index is 12.4. The lowest BCUT2D eigenvalue weighted by Gasteiger charge is -2.26. The molecule has 0 aromatic carbocycles. The number of alkyl halides is 1. The summed E-state index contributed by atoms with van der Waals surface area (Å²) in [7, 11) is -3.51. The Morgan fingerprint density at radius 3 is 2.58 bits per heavy atom. The fourth-order valence-electron chi connectivity index (χ4n) is 2.35. The fourth-order valence-corrected chi connectivity index (χ4v) is 3.92. The summed E-state index contributed by atoms with van der Waals surface area (Å²) in [5.74, 6) is 1.04. The van der Waals surface area contributed by atoms with E-state index >= 15 is 0 Å². The van der Waals surface area contributed by atoms with Crippen LogP contribution < -0.4 is 0 Å². The number of nitrogens with zero attached hydrogens (tertiary/aromatic N) is 1. The van der Waals surface area contributed by atoms with E-state index in [-0.39, 0.29) is 16.4 Å². The summed E-state index contributed by atoms with van der Waals surface area (Å²) < 4.78 is 31.6. The van der Waals surface area contributed by atoms with Crippen LogP contribution in [0.25, 0.3) is 0 Å². The first-order chi connectivity index (χ1) is 8.75. The highest BCUT2D eigenvalue weighted by Crippen LogP contribution is 2.36. The van der Waals surface area contributed by atoms with Crippen LogP contribution in [0.2, 0.25) is 0 Å². The van der Waals surface area contributed by atoms with Crippen molar-refractivity contribution in [3.63, 3.8) is 0 Å². The summed E-state index contributed by atoms with van der Waals surface area (Å²) in [6.07, 6.45) is 0.895. The number of furan rings is 1. The summed E-state index contributed by atoms with van der Waals surface area (Å²) in [5, 5.41) is -0.00212. The Balaban J connectivity index is 2.18. The Bertz CT molecular complexity index is 544. The molecule has 1 fully saturated rings. The molecule has 2 rings (SSSR count). The second-order valence-corrected chi connectivity index (χ2v) is 8.21. The molecular formula is C13H20ClNO3S. The molecule has 1 aliphatic heterocycles. The van der Waals surface area contributed by atoms with Gasteiger partial charge < -0.3 is 4.42 Å². The van der Waals surface area contributed by atoms with Gasteiger partial charge in [-0.1, -0.05) is 20.8 Å². The molecule has 0 N–H and O–H groups in total. The molecule has 0 amide bonds. The molecule has 1 unspecified atom stereocenters.